The molecule has 1 fully saturated rings. The van der Waals surface area contributed by atoms with E-state index in [4.69, 9.17) is 21.1 Å². The summed E-state index contributed by atoms with van der Waals surface area (Å²) in [6.07, 6.45) is 2.78. The van der Waals surface area contributed by atoms with Gasteiger partial charge in [0.05, 0.1) is 18.1 Å². The van der Waals surface area contributed by atoms with Crippen LogP contribution in [-0.2, 0) is 10.6 Å². The Morgan fingerprint density at radius 3 is 2.94 bits per heavy atom. The van der Waals surface area contributed by atoms with Crippen LogP contribution in [0.4, 0.5) is 0 Å². The lowest BCUT2D eigenvalue weighted by molar-refractivity contribution is 0.0263. The maximum Gasteiger partial charge on any atom is 0.123 e. The van der Waals surface area contributed by atoms with Crippen molar-refractivity contribution < 1.29 is 9.47 Å². The largest absolute Gasteiger partial charge is 0.491 e. The van der Waals surface area contributed by atoms with Crippen LogP contribution in [0.25, 0.3) is 0 Å². The summed E-state index contributed by atoms with van der Waals surface area (Å²) in [6.45, 7) is 2.71. The van der Waals surface area contributed by atoms with Gasteiger partial charge in [-0.15, -0.1) is 11.6 Å². The number of rotatable bonds is 4. The first-order valence-electron chi connectivity index (χ1n) is 5.81. The lowest BCUT2D eigenvalue weighted by Gasteiger charge is -2.14. The monoisotopic (exact) mass is 318 g/mol. The summed E-state index contributed by atoms with van der Waals surface area (Å²) in [6, 6.07) is 5.89. The predicted molar refractivity (Wildman–Crippen MR) is 72.8 cm³/mol. The summed E-state index contributed by atoms with van der Waals surface area (Å²) in [5.41, 5.74) is 1.01. The summed E-state index contributed by atoms with van der Waals surface area (Å²) in [4.78, 5) is 0. The zero-order chi connectivity index (χ0) is 12.3. The van der Waals surface area contributed by atoms with E-state index in [0.29, 0.717) is 18.6 Å². The molecule has 0 radical (unpaired) electrons. The van der Waals surface area contributed by atoms with Gasteiger partial charge in [0, 0.05) is 10.0 Å². The Hall–Kier alpha value is -0.250. The van der Waals surface area contributed by atoms with Crippen molar-refractivity contribution in [2.75, 3.05) is 6.61 Å². The van der Waals surface area contributed by atoms with Gasteiger partial charge in [-0.3, -0.25) is 0 Å². The smallest absolute Gasteiger partial charge is 0.123 e. The van der Waals surface area contributed by atoms with Gasteiger partial charge in [0.2, 0.25) is 0 Å². The zero-order valence-corrected chi connectivity index (χ0v) is 12.1. The van der Waals surface area contributed by atoms with E-state index < -0.39 is 0 Å². The second-order valence-corrected chi connectivity index (χ2v) is 5.53. The third-order valence-electron chi connectivity index (χ3n) is 2.91. The van der Waals surface area contributed by atoms with Gasteiger partial charge in [0.1, 0.15) is 12.4 Å². The maximum atomic E-state index is 5.89. The Bertz CT molecular complexity index is 384. The Balaban J connectivity index is 1.94. The molecule has 0 N–H and O–H groups in total. The SMILES string of the molecule is CC1CCC(COc2ccc(Br)cc2CCl)O1. The summed E-state index contributed by atoms with van der Waals surface area (Å²) in [7, 11) is 0. The van der Waals surface area contributed by atoms with Gasteiger partial charge in [-0.2, -0.15) is 0 Å². The molecule has 0 aliphatic carbocycles. The molecule has 1 aromatic rings. The number of hydrogen-bond donors (Lipinski definition) is 0. The lowest BCUT2D eigenvalue weighted by Crippen LogP contribution is -2.18. The van der Waals surface area contributed by atoms with Gasteiger partial charge in [-0.25, -0.2) is 0 Å². The number of hydrogen-bond acceptors (Lipinski definition) is 2. The highest BCUT2D eigenvalue weighted by atomic mass is 79.9. The maximum absolute atomic E-state index is 5.89. The van der Waals surface area contributed by atoms with Crippen LogP contribution in [0.1, 0.15) is 25.3 Å². The van der Waals surface area contributed by atoms with Crippen LogP contribution in [-0.4, -0.2) is 18.8 Å². The third-order valence-corrected chi connectivity index (χ3v) is 3.69. The van der Waals surface area contributed by atoms with E-state index in [2.05, 4.69) is 22.9 Å². The molecule has 17 heavy (non-hydrogen) atoms. The first kappa shape index (κ1) is 13.2. The van der Waals surface area contributed by atoms with Gasteiger partial charge < -0.3 is 9.47 Å². The van der Waals surface area contributed by atoms with Gasteiger partial charge in [-0.05, 0) is 38.0 Å². The zero-order valence-electron chi connectivity index (χ0n) is 9.79. The molecule has 1 aliphatic rings. The average molecular weight is 320 g/mol. The lowest BCUT2D eigenvalue weighted by atomic mass is 10.2. The molecule has 2 unspecified atom stereocenters. The Morgan fingerprint density at radius 1 is 1.47 bits per heavy atom. The standard InChI is InChI=1S/C13H16BrClO2/c1-9-2-4-12(17-9)8-16-13-5-3-11(14)6-10(13)7-15/h3,5-6,9,12H,2,4,7-8H2,1H3. The first-order valence-corrected chi connectivity index (χ1v) is 7.14. The Morgan fingerprint density at radius 2 is 2.29 bits per heavy atom. The molecule has 1 aliphatic heterocycles. The molecule has 2 rings (SSSR count). The van der Waals surface area contributed by atoms with E-state index in [1.165, 1.54) is 0 Å². The molecule has 4 heteroatoms. The Labute approximate surface area is 115 Å². The fourth-order valence-electron chi connectivity index (χ4n) is 1.98. The van der Waals surface area contributed by atoms with Crippen LogP contribution in [0, 0.1) is 0 Å². The van der Waals surface area contributed by atoms with Crippen molar-refractivity contribution in [3.05, 3.63) is 28.2 Å². The highest BCUT2D eigenvalue weighted by Crippen LogP contribution is 2.26. The van der Waals surface area contributed by atoms with Crippen LogP contribution in [0.15, 0.2) is 22.7 Å². The highest BCUT2D eigenvalue weighted by Gasteiger charge is 2.22. The first-order chi connectivity index (χ1) is 8.19. The average Bonchev–Trinajstić information content (AvgIpc) is 2.73. The van der Waals surface area contributed by atoms with Crippen molar-refractivity contribution in [2.24, 2.45) is 0 Å². The molecule has 1 saturated heterocycles. The molecule has 1 aromatic carbocycles. The minimum atomic E-state index is 0.219. The topological polar surface area (TPSA) is 18.5 Å². The summed E-state index contributed by atoms with van der Waals surface area (Å²) >= 11 is 9.31. The molecule has 0 amide bonds. The van der Waals surface area contributed by atoms with Crippen molar-refractivity contribution in [3.8, 4) is 5.75 Å². The number of halogens is 2. The quantitative estimate of drug-likeness (QED) is 0.777. The minimum absolute atomic E-state index is 0.219. The minimum Gasteiger partial charge on any atom is -0.491 e. The molecule has 0 aromatic heterocycles. The highest BCUT2D eigenvalue weighted by molar-refractivity contribution is 9.10. The number of benzene rings is 1. The van der Waals surface area contributed by atoms with Crippen LogP contribution < -0.4 is 4.74 Å². The third kappa shape index (κ3) is 3.60. The Kier molecular flexibility index (Phi) is 4.71. The fourth-order valence-corrected chi connectivity index (χ4v) is 2.60. The van der Waals surface area contributed by atoms with E-state index in [1.807, 2.05) is 18.2 Å². The molecule has 0 spiro atoms. The molecule has 0 bridgehead atoms. The van der Waals surface area contributed by atoms with Gasteiger partial charge >= 0.3 is 0 Å². The summed E-state index contributed by atoms with van der Waals surface area (Å²) in [5.74, 6) is 1.31. The van der Waals surface area contributed by atoms with Crippen molar-refractivity contribution in [2.45, 2.75) is 37.9 Å². The molecular formula is C13H16BrClO2. The van der Waals surface area contributed by atoms with Crippen LogP contribution in [0.2, 0.25) is 0 Å². The molecule has 2 nitrogen and oxygen atoms in total. The van der Waals surface area contributed by atoms with Crippen LogP contribution in [0.5, 0.6) is 5.75 Å². The van der Waals surface area contributed by atoms with E-state index in [1.54, 1.807) is 0 Å². The van der Waals surface area contributed by atoms with E-state index in [9.17, 15) is 0 Å². The second kappa shape index (κ2) is 6.07. The molecule has 94 valence electrons. The number of alkyl halides is 1. The van der Waals surface area contributed by atoms with Crippen molar-refractivity contribution in [3.63, 3.8) is 0 Å². The summed E-state index contributed by atoms with van der Waals surface area (Å²) < 4.78 is 12.5. The van der Waals surface area contributed by atoms with E-state index in [0.717, 1.165) is 28.6 Å². The normalized spacial score (nSPS) is 23.9. The molecule has 2 atom stereocenters. The van der Waals surface area contributed by atoms with Gasteiger partial charge in [-0.1, -0.05) is 15.9 Å². The predicted octanol–water partition coefficient (Wildman–Crippen LogP) is 4.13. The molecular weight excluding hydrogens is 303 g/mol. The van der Waals surface area contributed by atoms with Gasteiger partial charge in [0.15, 0.2) is 0 Å². The molecule has 1 heterocycles. The van der Waals surface area contributed by atoms with Crippen molar-refractivity contribution >= 4 is 27.5 Å². The van der Waals surface area contributed by atoms with Crippen molar-refractivity contribution in [1.82, 2.24) is 0 Å². The van der Waals surface area contributed by atoms with Gasteiger partial charge in [0.25, 0.3) is 0 Å². The summed E-state index contributed by atoms with van der Waals surface area (Å²) in [5, 5.41) is 0. The van der Waals surface area contributed by atoms with E-state index in [-0.39, 0.29) is 6.10 Å². The van der Waals surface area contributed by atoms with Crippen LogP contribution in [0.3, 0.4) is 0 Å². The second-order valence-electron chi connectivity index (χ2n) is 4.34. The number of ether oxygens (including phenoxy) is 2. The van der Waals surface area contributed by atoms with E-state index >= 15 is 0 Å². The van der Waals surface area contributed by atoms with Crippen molar-refractivity contribution in [1.29, 1.82) is 0 Å². The fraction of sp³-hybridized carbons (Fsp3) is 0.538. The van der Waals surface area contributed by atoms with Crippen LogP contribution >= 0.6 is 27.5 Å². The molecule has 0 saturated carbocycles.